The van der Waals surface area contributed by atoms with Gasteiger partial charge in [0.05, 0.1) is 4.92 Å². The van der Waals surface area contributed by atoms with E-state index >= 15 is 0 Å². The number of nitrogens with zero attached hydrogens (tertiary/aromatic N) is 3. The largest absolute Gasteiger partial charge is 0.364 e. The number of nitrogens with one attached hydrogen (secondary N) is 1. The average Bonchev–Trinajstić information content (AvgIpc) is 2.41. The molecule has 6 nitrogen and oxygen atoms in total. The van der Waals surface area contributed by atoms with Crippen molar-refractivity contribution < 1.29 is 4.92 Å². The van der Waals surface area contributed by atoms with Gasteiger partial charge >= 0.3 is 5.69 Å². The average molecular weight is 348 g/mol. The minimum Gasteiger partial charge on any atom is -0.364 e. The summed E-state index contributed by atoms with van der Waals surface area (Å²) in [6, 6.07) is 5.17. The third-order valence-corrected chi connectivity index (χ3v) is 3.41. The van der Waals surface area contributed by atoms with Crippen LogP contribution in [0.3, 0.4) is 0 Å². The summed E-state index contributed by atoms with van der Waals surface area (Å²) in [6.45, 7) is 0.398. The molecule has 2 rings (SSSR count). The topological polar surface area (TPSA) is 81.0 Å². The van der Waals surface area contributed by atoms with Crippen molar-refractivity contribution in [1.29, 1.82) is 0 Å². The zero-order valence-corrected chi connectivity index (χ0v) is 12.8. The van der Waals surface area contributed by atoms with E-state index in [0.29, 0.717) is 23.0 Å². The Morgan fingerprint density at radius 3 is 2.71 bits per heavy atom. The molecule has 0 bridgehead atoms. The molecule has 1 heterocycles. The Morgan fingerprint density at radius 1 is 1.29 bits per heavy atom. The molecule has 9 heteroatoms. The first-order valence-electron chi connectivity index (χ1n) is 5.82. The van der Waals surface area contributed by atoms with Gasteiger partial charge < -0.3 is 5.32 Å². The van der Waals surface area contributed by atoms with E-state index < -0.39 is 4.92 Å². The Hall–Kier alpha value is -1.63. The van der Waals surface area contributed by atoms with Crippen molar-refractivity contribution in [2.45, 2.75) is 6.42 Å². The van der Waals surface area contributed by atoms with Gasteiger partial charge in [0, 0.05) is 16.6 Å². The van der Waals surface area contributed by atoms with Crippen molar-refractivity contribution in [1.82, 2.24) is 9.97 Å². The highest BCUT2D eigenvalue weighted by Gasteiger charge is 2.16. The quantitative estimate of drug-likeness (QED) is 0.502. The van der Waals surface area contributed by atoms with Gasteiger partial charge in [-0.25, -0.2) is 4.98 Å². The number of hydrogen-bond donors (Lipinski definition) is 1. The lowest BCUT2D eigenvalue weighted by molar-refractivity contribution is -0.384. The van der Waals surface area contributed by atoms with Gasteiger partial charge in [-0.3, -0.25) is 10.1 Å². The van der Waals surface area contributed by atoms with E-state index in [2.05, 4.69) is 15.3 Å². The summed E-state index contributed by atoms with van der Waals surface area (Å²) in [5, 5.41) is 14.8. The number of rotatable bonds is 5. The second-order valence-electron chi connectivity index (χ2n) is 4.04. The summed E-state index contributed by atoms with van der Waals surface area (Å²) in [5.74, 6) is 0.0742. The minimum atomic E-state index is -0.575. The molecule has 1 N–H and O–H groups in total. The van der Waals surface area contributed by atoms with E-state index in [-0.39, 0.29) is 16.8 Å². The molecule has 1 aromatic heterocycles. The van der Waals surface area contributed by atoms with Crippen molar-refractivity contribution >= 4 is 46.3 Å². The molecule has 21 heavy (non-hydrogen) atoms. The SMILES string of the molecule is O=[N+]([O-])c1cnc(Cl)nc1NCCc1ccc(Cl)cc1Cl. The lowest BCUT2D eigenvalue weighted by atomic mass is 10.1. The van der Waals surface area contributed by atoms with Gasteiger partial charge in [-0.2, -0.15) is 4.98 Å². The lowest BCUT2D eigenvalue weighted by Gasteiger charge is -2.07. The molecule has 110 valence electrons. The van der Waals surface area contributed by atoms with E-state index in [1.807, 2.05) is 0 Å². The molecule has 0 spiro atoms. The highest BCUT2D eigenvalue weighted by Crippen LogP contribution is 2.23. The molecule has 0 unspecified atom stereocenters. The number of hydrogen-bond acceptors (Lipinski definition) is 5. The van der Waals surface area contributed by atoms with Crippen LogP contribution < -0.4 is 5.32 Å². The first-order valence-corrected chi connectivity index (χ1v) is 6.95. The maximum Gasteiger partial charge on any atom is 0.329 e. The maximum absolute atomic E-state index is 10.9. The van der Waals surface area contributed by atoms with Gasteiger partial charge in [0.1, 0.15) is 6.20 Å². The van der Waals surface area contributed by atoms with Crippen LogP contribution in [0.4, 0.5) is 11.5 Å². The van der Waals surface area contributed by atoms with Crippen LogP contribution in [0.1, 0.15) is 5.56 Å². The normalized spacial score (nSPS) is 10.4. The number of aromatic nitrogens is 2. The van der Waals surface area contributed by atoms with Crippen LogP contribution in [-0.2, 0) is 6.42 Å². The zero-order valence-electron chi connectivity index (χ0n) is 10.5. The second kappa shape index (κ2) is 6.89. The predicted octanol–water partition coefficient (Wildman–Crippen LogP) is 4.00. The molecule has 0 saturated carbocycles. The highest BCUT2D eigenvalue weighted by atomic mass is 35.5. The van der Waals surface area contributed by atoms with Gasteiger partial charge in [-0.05, 0) is 35.7 Å². The molecule has 0 saturated heterocycles. The molecule has 2 aromatic rings. The van der Waals surface area contributed by atoms with Gasteiger partial charge in [-0.15, -0.1) is 0 Å². The van der Waals surface area contributed by atoms with Crippen molar-refractivity contribution in [3.8, 4) is 0 Å². The second-order valence-corrected chi connectivity index (χ2v) is 5.22. The van der Waals surface area contributed by atoms with Crippen LogP contribution in [0.2, 0.25) is 15.3 Å². The van der Waals surface area contributed by atoms with Gasteiger partial charge in [0.2, 0.25) is 11.1 Å². The van der Waals surface area contributed by atoms with E-state index in [1.54, 1.807) is 18.2 Å². The highest BCUT2D eigenvalue weighted by molar-refractivity contribution is 6.35. The zero-order chi connectivity index (χ0) is 15.4. The van der Waals surface area contributed by atoms with Crippen LogP contribution in [0.25, 0.3) is 0 Å². The maximum atomic E-state index is 10.9. The van der Waals surface area contributed by atoms with Crippen LogP contribution in [0.5, 0.6) is 0 Å². The van der Waals surface area contributed by atoms with Crippen LogP contribution in [-0.4, -0.2) is 21.4 Å². The van der Waals surface area contributed by atoms with Crippen LogP contribution in [0.15, 0.2) is 24.4 Å². The summed E-state index contributed by atoms with van der Waals surface area (Å²) >= 11 is 17.5. The van der Waals surface area contributed by atoms with Gasteiger partial charge in [0.25, 0.3) is 0 Å². The predicted molar refractivity (Wildman–Crippen MR) is 82.4 cm³/mol. The Kier molecular flexibility index (Phi) is 5.17. The first-order chi connectivity index (χ1) is 9.97. The molecule has 0 atom stereocenters. The molecular formula is C12H9Cl3N4O2. The Balaban J connectivity index is 2.06. The molecule has 0 radical (unpaired) electrons. The molecule has 0 aliphatic carbocycles. The fourth-order valence-electron chi connectivity index (χ4n) is 1.66. The standard InChI is InChI=1S/C12H9Cl3N4O2/c13-8-2-1-7(9(14)5-8)3-4-16-11-10(19(20)21)6-17-12(15)18-11/h1-2,5-6H,3-4H2,(H,16,17,18). The molecule has 0 fully saturated rings. The van der Waals surface area contributed by atoms with Crippen molar-refractivity contribution in [3.05, 3.63) is 55.4 Å². The third kappa shape index (κ3) is 4.17. The van der Waals surface area contributed by atoms with E-state index in [0.717, 1.165) is 11.8 Å². The Bertz CT molecular complexity index is 682. The summed E-state index contributed by atoms with van der Waals surface area (Å²) in [6.07, 6.45) is 1.61. The fourth-order valence-corrected chi connectivity index (χ4v) is 2.29. The summed E-state index contributed by atoms with van der Waals surface area (Å²) in [5.41, 5.74) is 0.637. The number of halogens is 3. The van der Waals surface area contributed by atoms with Crippen LogP contribution >= 0.6 is 34.8 Å². The minimum absolute atomic E-state index is 0.0624. The number of benzene rings is 1. The smallest absolute Gasteiger partial charge is 0.329 e. The Labute approximate surface area is 135 Å². The van der Waals surface area contributed by atoms with Crippen molar-refractivity contribution in [2.75, 3.05) is 11.9 Å². The Morgan fingerprint density at radius 2 is 2.05 bits per heavy atom. The summed E-state index contributed by atoms with van der Waals surface area (Å²) in [7, 11) is 0. The third-order valence-electron chi connectivity index (χ3n) is 2.64. The fraction of sp³-hybridized carbons (Fsp3) is 0.167. The van der Waals surface area contributed by atoms with Gasteiger partial charge in [-0.1, -0.05) is 29.3 Å². The van der Waals surface area contributed by atoms with E-state index in [4.69, 9.17) is 34.8 Å². The number of nitro groups is 1. The summed E-state index contributed by atoms with van der Waals surface area (Å²) in [4.78, 5) is 17.7. The lowest BCUT2D eigenvalue weighted by Crippen LogP contribution is -2.09. The molecule has 1 aromatic carbocycles. The monoisotopic (exact) mass is 346 g/mol. The first kappa shape index (κ1) is 15.8. The summed E-state index contributed by atoms with van der Waals surface area (Å²) < 4.78 is 0. The van der Waals surface area contributed by atoms with Crippen molar-refractivity contribution in [2.24, 2.45) is 0 Å². The molecular weight excluding hydrogens is 339 g/mol. The van der Waals surface area contributed by atoms with Gasteiger partial charge in [0.15, 0.2) is 0 Å². The van der Waals surface area contributed by atoms with Crippen molar-refractivity contribution in [3.63, 3.8) is 0 Å². The van der Waals surface area contributed by atoms with Crippen LogP contribution in [0, 0.1) is 10.1 Å². The van der Waals surface area contributed by atoms with E-state index in [9.17, 15) is 10.1 Å². The van der Waals surface area contributed by atoms with E-state index in [1.165, 1.54) is 0 Å². The molecule has 0 aliphatic rings. The number of anilines is 1. The molecule has 0 aliphatic heterocycles. The molecule has 0 amide bonds.